The zero-order valence-corrected chi connectivity index (χ0v) is 26.5. The van der Waals surface area contributed by atoms with Crippen molar-refractivity contribution in [1.29, 1.82) is 0 Å². The summed E-state index contributed by atoms with van der Waals surface area (Å²) in [6.07, 6.45) is 5.17. The largest absolute Gasteiger partial charge is 0.462 e. The Labute approximate surface area is 260 Å². The summed E-state index contributed by atoms with van der Waals surface area (Å²) >= 11 is 15.9. The van der Waals surface area contributed by atoms with Crippen molar-refractivity contribution >= 4 is 102 Å². The quantitative estimate of drug-likeness (QED) is 0.178. The van der Waals surface area contributed by atoms with Crippen LogP contribution in [0.2, 0.25) is 0 Å². The molecule has 0 aromatic carbocycles. The average molecular weight is 652 g/mol. The topological polar surface area (TPSA) is 136 Å². The number of rotatable bonds is 9. The van der Waals surface area contributed by atoms with Gasteiger partial charge in [-0.15, -0.1) is 22.7 Å². The van der Waals surface area contributed by atoms with Crippen molar-refractivity contribution in [2.75, 3.05) is 23.8 Å². The van der Waals surface area contributed by atoms with E-state index in [1.165, 1.54) is 36.5 Å². The predicted octanol–water partition coefficient (Wildman–Crippen LogP) is 6.63. The maximum atomic E-state index is 12.6. The fraction of sp³-hybridized carbons (Fsp3) is 0.357. The van der Waals surface area contributed by atoms with Gasteiger partial charge in [-0.2, -0.15) is 10.2 Å². The molecular weight excluding hydrogens is 623 g/mol. The zero-order chi connectivity index (χ0) is 30.6. The molecule has 42 heavy (non-hydrogen) atoms. The highest BCUT2D eigenvalue weighted by Gasteiger charge is 2.31. The molecular formula is C28H28Cl2N4O6S2. The molecule has 222 valence electrons. The number of halogens is 2. The number of esters is 2. The van der Waals surface area contributed by atoms with Crippen molar-refractivity contribution in [3.63, 3.8) is 0 Å². The molecule has 4 rings (SSSR count). The van der Waals surface area contributed by atoms with Crippen LogP contribution in [0.5, 0.6) is 0 Å². The molecule has 0 bridgehead atoms. The van der Waals surface area contributed by atoms with Crippen LogP contribution < -0.4 is 10.6 Å². The number of hydrogen-bond donors (Lipinski definition) is 2. The third-order valence-electron chi connectivity index (χ3n) is 6.30. The Morgan fingerprint density at radius 2 is 1.12 bits per heavy atom. The number of ether oxygens (including phenoxy) is 2. The third kappa shape index (κ3) is 6.67. The van der Waals surface area contributed by atoms with E-state index in [0.717, 1.165) is 22.3 Å². The Balaban J connectivity index is 1.59. The number of nitrogens with one attached hydrogen (secondary N) is 2. The number of anilines is 2. The highest BCUT2D eigenvalue weighted by Crippen LogP contribution is 2.46. The first kappa shape index (κ1) is 31.6. The second-order valence-electron chi connectivity index (χ2n) is 9.20. The Kier molecular flexibility index (Phi) is 10.4. The molecule has 0 aliphatic heterocycles. The molecule has 2 amide bonds. The summed E-state index contributed by atoms with van der Waals surface area (Å²) in [5.41, 5.74) is 3.60. The monoisotopic (exact) mass is 650 g/mol. The number of thiophene rings is 2. The van der Waals surface area contributed by atoms with E-state index in [4.69, 9.17) is 32.7 Å². The van der Waals surface area contributed by atoms with E-state index in [1.807, 2.05) is 0 Å². The number of fused-ring (bicyclic) bond motifs is 2. The van der Waals surface area contributed by atoms with Crippen LogP contribution in [0.1, 0.15) is 82.1 Å². The number of allylic oxidation sites excluding steroid dienone is 2. The SMILES string of the molecule is CCOC(=O)c1c(NC(C)=O)sc2c1CCC(C=NN=CC1=C(Cl)c3sc(NC(C)=O)c(C(=O)OCC)c3CC1)=C2Cl. The molecule has 0 unspecified atom stereocenters. The summed E-state index contributed by atoms with van der Waals surface area (Å²) in [5, 5.41) is 15.4. The molecule has 2 aromatic heterocycles. The second-order valence-corrected chi connectivity index (χ2v) is 12.0. The lowest BCUT2D eigenvalue weighted by Crippen LogP contribution is -2.13. The summed E-state index contributed by atoms with van der Waals surface area (Å²) in [6.45, 7) is 6.59. The number of hydrogen-bond acceptors (Lipinski definition) is 10. The van der Waals surface area contributed by atoms with Gasteiger partial charge in [-0.3, -0.25) is 9.59 Å². The van der Waals surface area contributed by atoms with E-state index >= 15 is 0 Å². The molecule has 2 aliphatic carbocycles. The van der Waals surface area contributed by atoms with E-state index in [-0.39, 0.29) is 25.0 Å². The van der Waals surface area contributed by atoms with Crippen molar-refractivity contribution in [2.24, 2.45) is 10.2 Å². The predicted molar refractivity (Wildman–Crippen MR) is 168 cm³/mol. The standard InChI is InChI=1S/C28H28Cl2N4O6S2/c1-5-39-27(37)19-17-9-7-15(21(29)23(17)41-25(19)33-13(3)35)11-31-32-12-16-8-10-18-20(28(38)40-6-2)26(34-14(4)36)42-24(18)22(16)30/h11-12H,5-10H2,1-4H3,(H,33,35)(H,34,36). The van der Waals surface area contributed by atoms with Gasteiger partial charge in [-0.1, -0.05) is 23.2 Å². The van der Waals surface area contributed by atoms with Gasteiger partial charge in [-0.25, -0.2) is 9.59 Å². The van der Waals surface area contributed by atoms with Crippen molar-refractivity contribution in [3.05, 3.63) is 43.2 Å². The summed E-state index contributed by atoms with van der Waals surface area (Å²) in [6, 6.07) is 0. The van der Waals surface area contributed by atoms with Gasteiger partial charge >= 0.3 is 11.9 Å². The van der Waals surface area contributed by atoms with Gasteiger partial charge in [0.2, 0.25) is 11.8 Å². The molecule has 2 N–H and O–H groups in total. The maximum absolute atomic E-state index is 12.6. The lowest BCUT2D eigenvalue weighted by Gasteiger charge is -2.15. The van der Waals surface area contributed by atoms with Gasteiger partial charge in [0.1, 0.15) is 10.0 Å². The van der Waals surface area contributed by atoms with Gasteiger partial charge in [0.05, 0.1) is 56.6 Å². The first-order valence-corrected chi connectivity index (χ1v) is 15.5. The molecule has 2 heterocycles. The zero-order valence-electron chi connectivity index (χ0n) is 23.3. The molecule has 2 aliphatic rings. The van der Waals surface area contributed by atoms with Crippen LogP contribution in [0.4, 0.5) is 10.0 Å². The molecule has 0 fully saturated rings. The van der Waals surface area contributed by atoms with E-state index < -0.39 is 11.9 Å². The van der Waals surface area contributed by atoms with Crippen LogP contribution in [0.3, 0.4) is 0 Å². The summed E-state index contributed by atoms with van der Waals surface area (Å²) < 4.78 is 10.4. The number of amides is 2. The van der Waals surface area contributed by atoms with Gasteiger partial charge in [0.25, 0.3) is 0 Å². The smallest absolute Gasteiger partial charge is 0.341 e. The van der Waals surface area contributed by atoms with Crippen molar-refractivity contribution in [3.8, 4) is 0 Å². The lowest BCUT2D eigenvalue weighted by molar-refractivity contribution is -0.115. The van der Waals surface area contributed by atoms with E-state index in [9.17, 15) is 19.2 Å². The number of carbonyl (C=O) groups is 4. The fourth-order valence-corrected chi connectivity index (χ4v) is 7.83. The highest BCUT2D eigenvalue weighted by molar-refractivity contribution is 7.19. The fourth-order valence-electron chi connectivity index (χ4n) is 4.58. The molecule has 0 radical (unpaired) electrons. The van der Waals surface area contributed by atoms with Gasteiger partial charge in [0.15, 0.2) is 0 Å². The van der Waals surface area contributed by atoms with Crippen LogP contribution in [0.25, 0.3) is 10.1 Å². The Bertz CT molecular complexity index is 1470. The van der Waals surface area contributed by atoms with Gasteiger partial charge in [0, 0.05) is 13.8 Å². The number of nitrogens with zero attached hydrogens (tertiary/aromatic N) is 2. The lowest BCUT2D eigenvalue weighted by atomic mass is 9.95. The molecule has 0 spiro atoms. The van der Waals surface area contributed by atoms with Crippen LogP contribution in [-0.4, -0.2) is 49.4 Å². The van der Waals surface area contributed by atoms with Crippen molar-refractivity contribution < 1.29 is 28.7 Å². The Hall–Kier alpha value is -3.32. The van der Waals surface area contributed by atoms with Gasteiger partial charge in [-0.05, 0) is 61.8 Å². The average Bonchev–Trinajstić information content (AvgIpc) is 3.47. The summed E-state index contributed by atoms with van der Waals surface area (Å²) in [4.78, 5) is 50.1. The minimum Gasteiger partial charge on any atom is -0.462 e. The minimum atomic E-state index is -0.505. The molecule has 0 saturated carbocycles. The highest BCUT2D eigenvalue weighted by atomic mass is 35.5. The van der Waals surface area contributed by atoms with Crippen LogP contribution in [-0.2, 0) is 31.9 Å². The Morgan fingerprint density at radius 1 is 0.738 bits per heavy atom. The van der Waals surface area contributed by atoms with Crippen LogP contribution in [0, 0.1) is 0 Å². The molecule has 0 saturated heterocycles. The molecule has 14 heteroatoms. The normalized spacial score (nSPS) is 14.7. The van der Waals surface area contributed by atoms with Crippen LogP contribution >= 0.6 is 45.9 Å². The van der Waals surface area contributed by atoms with Crippen molar-refractivity contribution in [2.45, 2.75) is 53.4 Å². The van der Waals surface area contributed by atoms with E-state index in [2.05, 4.69) is 20.8 Å². The second kappa shape index (κ2) is 13.8. The maximum Gasteiger partial charge on any atom is 0.341 e. The van der Waals surface area contributed by atoms with Gasteiger partial charge < -0.3 is 20.1 Å². The molecule has 2 aromatic rings. The van der Waals surface area contributed by atoms with Crippen LogP contribution in [0.15, 0.2) is 21.3 Å². The van der Waals surface area contributed by atoms with Crippen molar-refractivity contribution in [1.82, 2.24) is 0 Å². The first-order chi connectivity index (χ1) is 20.1. The van der Waals surface area contributed by atoms with E-state index in [1.54, 1.807) is 26.3 Å². The summed E-state index contributed by atoms with van der Waals surface area (Å²) in [5.74, 6) is -1.61. The van der Waals surface area contributed by atoms with E-state index in [0.29, 0.717) is 66.6 Å². The summed E-state index contributed by atoms with van der Waals surface area (Å²) in [7, 11) is 0. The molecule has 0 atom stereocenters. The number of carbonyl (C=O) groups excluding carboxylic acids is 4. The Morgan fingerprint density at radius 3 is 1.45 bits per heavy atom. The molecule has 10 nitrogen and oxygen atoms in total. The first-order valence-electron chi connectivity index (χ1n) is 13.1. The third-order valence-corrected chi connectivity index (χ3v) is 9.71. The minimum absolute atomic E-state index is 0.208.